The lowest BCUT2D eigenvalue weighted by Gasteiger charge is -2.11. The maximum Gasteiger partial charge on any atom is 0.261 e. The Labute approximate surface area is 160 Å². The molecule has 0 spiro atoms. The zero-order chi connectivity index (χ0) is 17.9. The number of hydrogen-bond acceptors (Lipinski definition) is 5. The number of carbonyl (C=O) groups is 1. The van der Waals surface area contributed by atoms with Gasteiger partial charge < -0.3 is 4.74 Å². The molecular formula is C19H16ClN3O2S. The van der Waals surface area contributed by atoms with Crippen LogP contribution in [0.1, 0.15) is 39.7 Å². The Kier molecular flexibility index (Phi) is 4.86. The lowest BCUT2D eigenvalue weighted by Crippen LogP contribution is -2.13. The molecule has 1 N–H and O–H groups in total. The van der Waals surface area contributed by atoms with E-state index in [0.29, 0.717) is 34.0 Å². The number of amides is 1. The third kappa shape index (κ3) is 4.03. The summed E-state index contributed by atoms with van der Waals surface area (Å²) >= 11 is 7.33. The summed E-state index contributed by atoms with van der Waals surface area (Å²) in [6.45, 7) is 0.353. The van der Waals surface area contributed by atoms with Crippen molar-refractivity contribution < 1.29 is 9.53 Å². The molecular weight excluding hydrogens is 370 g/mol. The molecule has 0 aliphatic heterocycles. The van der Waals surface area contributed by atoms with Gasteiger partial charge in [-0.25, -0.2) is 0 Å². The van der Waals surface area contributed by atoms with Crippen LogP contribution in [0.15, 0.2) is 48.5 Å². The van der Waals surface area contributed by atoms with Gasteiger partial charge in [-0.05, 0) is 42.7 Å². The number of benzene rings is 2. The Bertz CT molecular complexity index is 923. The Morgan fingerprint density at radius 3 is 2.69 bits per heavy atom. The zero-order valence-corrected chi connectivity index (χ0v) is 15.4. The molecule has 132 valence electrons. The van der Waals surface area contributed by atoms with Crippen LogP contribution in [0.3, 0.4) is 0 Å². The SMILES string of the molecule is O=C(Nc1nnc(C2CC2)s1)c1ccccc1OCc1ccc(Cl)cc1. The Hall–Kier alpha value is -2.44. The van der Waals surface area contributed by atoms with Crippen molar-refractivity contribution >= 4 is 34.0 Å². The van der Waals surface area contributed by atoms with Crippen LogP contribution in [-0.2, 0) is 6.61 Å². The second kappa shape index (κ2) is 7.43. The van der Waals surface area contributed by atoms with E-state index in [1.807, 2.05) is 30.3 Å². The first-order valence-corrected chi connectivity index (χ1v) is 9.49. The predicted octanol–water partition coefficient (Wildman–Crippen LogP) is 4.90. The molecule has 0 unspecified atom stereocenters. The number of anilines is 1. The lowest BCUT2D eigenvalue weighted by molar-refractivity contribution is 0.102. The average Bonchev–Trinajstić information content (AvgIpc) is 3.41. The van der Waals surface area contributed by atoms with Crippen LogP contribution in [0.25, 0.3) is 0 Å². The van der Waals surface area contributed by atoms with Crippen LogP contribution >= 0.6 is 22.9 Å². The van der Waals surface area contributed by atoms with Gasteiger partial charge in [-0.1, -0.05) is 47.2 Å². The fraction of sp³-hybridized carbons (Fsp3) is 0.211. The molecule has 0 saturated heterocycles. The fourth-order valence-corrected chi connectivity index (χ4v) is 3.50. The van der Waals surface area contributed by atoms with Crippen LogP contribution in [0.4, 0.5) is 5.13 Å². The van der Waals surface area contributed by atoms with Crippen LogP contribution in [-0.4, -0.2) is 16.1 Å². The van der Waals surface area contributed by atoms with E-state index < -0.39 is 0 Å². The minimum atomic E-state index is -0.254. The summed E-state index contributed by atoms with van der Waals surface area (Å²) in [6, 6.07) is 14.6. The summed E-state index contributed by atoms with van der Waals surface area (Å²) in [5, 5.41) is 13.2. The first kappa shape index (κ1) is 17.0. The first-order valence-electron chi connectivity index (χ1n) is 8.30. The molecule has 3 aromatic rings. The fourth-order valence-electron chi connectivity index (χ4n) is 2.47. The van der Waals surface area contributed by atoms with Crippen LogP contribution in [0.5, 0.6) is 5.75 Å². The summed E-state index contributed by atoms with van der Waals surface area (Å²) in [6.07, 6.45) is 2.31. The second-order valence-electron chi connectivity index (χ2n) is 6.09. The third-order valence-electron chi connectivity index (χ3n) is 4.03. The Morgan fingerprint density at radius 2 is 1.92 bits per heavy atom. The molecule has 1 fully saturated rings. The number of ether oxygens (including phenoxy) is 1. The number of nitrogens with one attached hydrogen (secondary N) is 1. The molecule has 4 rings (SSSR count). The Morgan fingerprint density at radius 1 is 1.15 bits per heavy atom. The quantitative estimate of drug-likeness (QED) is 0.655. The number of nitrogens with zero attached hydrogens (tertiary/aromatic N) is 2. The lowest BCUT2D eigenvalue weighted by atomic mass is 10.2. The zero-order valence-electron chi connectivity index (χ0n) is 13.8. The smallest absolute Gasteiger partial charge is 0.261 e. The van der Waals surface area contributed by atoms with E-state index in [1.54, 1.807) is 18.2 Å². The van der Waals surface area contributed by atoms with Gasteiger partial charge in [0.1, 0.15) is 17.4 Å². The molecule has 1 aromatic heterocycles. The van der Waals surface area contributed by atoms with E-state index in [-0.39, 0.29) is 5.91 Å². The van der Waals surface area contributed by atoms with Gasteiger partial charge in [0.05, 0.1) is 5.56 Å². The molecule has 2 aromatic carbocycles. The van der Waals surface area contributed by atoms with Crippen molar-refractivity contribution in [2.75, 3.05) is 5.32 Å². The van der Waals surface area contributed by atoms with Crippen molar-refractivity contribution in [3.8, 4) is 5.75 Å². The number of aromatic nitrogens is 2. The summed E-state index contributed by atoms with van der Waals surface area (Å²) < 4.78 is 5.84. The topological polar surface area (TPSA) is 64.1 Å². The van der Waals surface area contributed by atoms with Gasteiger partial charge in [-0.3, -0.25) is 10.1 Å². The van der Waals surface area contributed by atoms with Crippen LogP contribution in [0, 0.1) is 0 Å². The first-order chi connectivity index (χ1) is 12.7. The number of halogens is 1. The van der Waals surface area contributed by atoms with Gasteiger partial charge in [0, 0.05) is 10.9 Å². The molecule has 0 atom stereocenters. The van der Waals surface area contributed by atoms with E-state index in [9.17, 15) is 4.79 Å². The third-order valence-corrected chi connectivity index (χ3v) is 5.28. The Balaban J connectivity index is 1.45. The monoisotopic (exact) mass is 385 g/mol. The molecule has 1 saturated carbocycles. The van der Waals surface area contributed by atoms with E-state index in [4.69, 9.17) is 16.3 Å². The highest BCUT2D eigenvalue weighted by Crippen LogP contribution is 2.42. The molecule has 1 aliphatic rings. The van der Waals surface area contributed by atoms with Gasteiger partial charge in [0.25, 0.3) is 5.91 Å². The van der Waals surface area contributed by atoms with E-state index >= 15 is 0 Å². The highest BCUT2D eigenvalue weighted by Gasteiger charge is 2.28. The molecule has 1 heterocycles. The van der Waals surface area contributed by atoms with Gasteiger partial charge in [-0.15, -0.1) is 10.2 Å². The summed E-state index contributed by atoms with van der Waals surface area (Å²) in [7, 11) is 0. The number of rotatable bonds is 6. The maximum atomic E-state index is 12.6. The largest absolute Gasteiger partial charge is 0.488 e. The number of hydrogen-bond donors (Lipinski definition) is 1. The molecule has 0 bridgehead atoms. The minimum absolute atomic E-state index is 0.254. The molecule has 1 aliphatic carbocycles. The van der Waals surface area contributed by atoms with Crippen LogP contribution < -0.4 is 10.1 Å². The van der Waals surface area contributed by atoms with Crippen molar-refractivity contribution in [1.29, 1.82) is 0 Å². The van der Waals surface area contributed by atoms with Gasteiger partial charge in [0.2, 0.25) is 5.13 Å². The number of para-hydroxylation sites is 1. The van der Waals surface area contributed by atoms with Gasteiger partial charge in [-0.2, -0.15) is 0 Å². The normalized spacial score (nSPS) is 13.4. The summed E-state index contributed by atoms with van der Waals surface area (Å²) in [5.41, 5.74) is 1.44. The molecule has 1 amide bonds. The molecule has 26 heavy (non-hydrogen) atoms. The van der Waals surface area contributed by atoms with E-state index in [0.717, 1.165) is 23.4 Å². The highest BCUT2D eigenvalue weighted by atomic mass is 35.5. The molecule has 0 radical (unpaired) electrons. The van der Waals surface area contributed by atoms with Crippen LogP contribution in [0.2, 0.25) is 5.02 Å². The predicted molar refractivity (Wildman–Crippen MR) is 102 cm³/mol. The van der Waals surface area contributed by atoms with Crippen molar-refractivity contribution in [1.82, 2.24) is 10.2 Å². The average molecular weight is 386 g/mol. The van der Waals surface area contributed by atoms with Crippen molar-refractivity contribution in [2.24, 2.45) is 0 Å². The van der Waals surface area contributed by atoms with Crippen molar-refractivity contribution in [3.63, 3.8) is 0 Å². The van der Waals surface area contributed by atoms with Crippen molar-refractivity contribution in [3.05, 3.63) is 69.7 Å². The number of carbonyl (C=O) groups excluding carboxylic acids is 1. The maximum absolute atomic E-state index is 12.6. The molecule has 7 heteroatoms. The van der Waals surface area contributed by atoms with E-state index in [2.05, 4.69) is 15.5 Å². The molecule has 5 nitrogen and oxygen atoms in total. The van der Waals surface area contributed by atoms with Crippen molar-refractivity contribution in [2.45, 2.75) is 25.4 Å². The summed E-state index contributed by atoms with van der Waals surface area (Å²) in [5.74, 6) is 0.787. The second-order valence-corrected chi connectivity index (χ2v) is 7.53. The van der Waals surface area contributed by atoms with Gasteiger partial charge in [0.15, 0.2) is 0 Å². The summed E-state index contributed by atoms with van der Waals surface area (Å²) in [4.78, 5) is 12.6. The minimum Gasteiger partial charge on any atom is -0.488 e. The van der Waals surface area contributed by atoms with E-state index in [1.165, 1.54) is 11.3 Å². The van der Waals surface area contributed by atoms with Gasteiger partial charge >= 0.3 is 0 Å². The standard InChI is InChI=1S/C19H16ClN3O2S/c20-14-9-5-12(6-10-14)11-25-16-4-2-1-3-15(16)17(24)21-19-23-22-18(26-19)13-7-8-13/h1-6,9-10,13H,7-8,11H2,(H,21,23,24). The highest BCUT2D eigenvalue weighted by molar-refractivity contribution is 7.15.